The molecule has 0 amide bonds. The summed E-state index contributed by atoms with van der Waals surface area (Å²) >= 11 is 0. The molecule has 0 fully saturated rings. The zero-order valence-corrected chi connectivity index (χ0v) is 14.4. The van der Waals surface area contributed by atoms with Gasteiger partial charge in [-0.1, -0.05) is 29.4 Å². The zero-order chi connectivity index (χ0) is 18.6. The van der Waals surface area contributed by atoms with Gasteiger partial charge in [0.1, 0.15) is 0 Å². The highest BCUT2D eigenvalue weighted by Crippen LogP contribution is 2.20. The maximum Gasteiger partial charge on any atom is 0.340 e. The van der Waals surface area contributed by atoms with E-state index >= 15 is 0 Å². The molecule has 8 heteroatoms. The van der Waals surface area contributed by atoms with E-state index in [0.29, 0.717) is 17.2 Å². The Balaban J connectivity index is 1.40. The van der Waals surface area contributed by atoms with Crippen molar-refractivity contribution in [3.63, 3.8) is 0 Å². The van der Waals surface area contributed by atoms with Crippen molar-refractivity contribution in [2.24, 2.45) is 0 Å². The fraction of sp³-hybridized carbons (Fsp3) is 0.105. The number of benzene rings is 1. The van der Waals surface area contributed by atoms with E-state index in [4.69, 9.17) is 9.26 Å². The molecule has 4 aromatic rings. The number of nitrogens with zero attached hydrogens (tertiary/aromatic N) is 5. The monoisotopic (exact) mass is 361 g/mol. The highest BCUT2D eigenvalue weighted by molar-refractivity contribution is 5.89. The van der Waals surface area contributed by atoms with Crippen LogP contribution in [0.25, 0.3) is 17.2 Å². The number of carbonyl (C=O) groups excluding carboxylic acids is 1. The number of carbonyl (C=O) groups is 1. The van der Waals surface area contributed by atoms with E-state index in [2.05, 4.69) is 20.2 Å². The van der Waals surface area contributed by atoms with E-state index in [1.165, 1.54) is 6.20 Å². The van der Waals surface area contributed by atoms with Gasteiger partial charge in [0.05, 0.1) is 5.56 Å². The summed E-state index contributed by atoms with van der Waals surface area (Å²) in [5.74, 6) is 0.772. The van der Waals surface area contributed by atoms with Crippen molar-refractivity contribution in [2.45, 2.75) is 13.5 Å². The maximum absolute atomic E-state index is 12.2. The van der Waals surface area contributed by atoms with Gasteiger partial charge in [-0.05, 0) is 30.7 Å². The molecule has 0 saturated heterocycles. The number of ether oxygens (including phenoxy) is 1. The third-order valence-electron chi connectivity index (χ3n) is 3.90. The van der Waals surface area contributed by atoms with Crippen LogP contribution < -0.4 is 0 Å². The van der Waals surface area contributed by atoms with Crippen LogP contribution in [0, 0.1) is 6.92 Å². The number of hydrogen-bond donors (Lipinski definition) is 0. The molecule has 0 aliphatic carbocycles. The summed E-state index contributed by atoms with van der Waals surface area (Å²) in [4.78, 5) is 20.6. The molecule has 27 heavy (non-hydrogen) atoms. The molecule has 3 aromatic heterocycles. The van der Waals surface area contributed by atoms with Crippen LogP contribution in [0.1, 0.15) is 21.8 Å². The van der Waals surface area contributed by atoms with Crippen LogP contribution >= 0.6 is 0 Å². The summed E-state index contributed by atoms with van der Waals surface area (Å²) in [6.45, 7) is 1.85. The second-order valence-electron chi connectivity index (χ2n) is 5.76. The summed E-state index contributed by atoms with van der Waals surface area (Å²) in [7, 11) is 0. The first kappa shape index (κ1) is 16.6. The fourth-order valence-corrected chi connectivity index (χ4v) is 2.50. The largest absolute Gasteiger partial charge is 0.452 e. The van der Waals surface area contributed by atoms with Crippen molar-refractivity contribution in [3.05, 3.63) is 78.1 Å². The van der Waals surface area contributed by atoms with Gasteiger partial charge in [0.25, 0.3) is 5.89 Å². The molecular weight excluding hydrogens is 346 g/mol. The lowest BCUT2D eigenvalue weighted by molar-refractivity contribution is 0.0429. The Morgan fingerprint density at radius 2 is 2.07 bits per heavy atom. The van der Waals surface area contributed by atoms with Gasteiger partial charge in [0.15, 0.2) is 12.4 Å². The van der Waals surface area contributed by atoms with Gasteiger partial charge in [0, 0.05) is 24.2 Å². The zero-order valence-electron chi connectivity index (χ0n) is 14.4. The van der Waals surface area contributed by atoms with E-state index in [1.807, 2.05) is 31.2 Å². The van der Waals surface area contributed by atoms with Gasteiger partial charge >= 0.3 is 5.97 Å². The molecule has 0 unspecified atom stereocenters. The molecule has 0 bridgehead atoms. The average Bonchev–Trinajstić information content (AvgIpc) is 3.39. The van der Waals surface area contributed by atoms with Crippen LogP contribution in [-0.4, -0.2) is 30.9 Å². The maximum atomic E-state index is 12.2. The van der Waals surface area contributed by atoms with Crippen LogP contribution in [0.2, 0.25) is 0 Å². The molecule has 8 nitrogen and oxygen atoms in total. The molecule has 0 radical (unpaired) electrons. The van der Waals surface area contributed by atoms with E-state index in [0.717, 1.165) is 11.1 Å². The molecule has 0 saturated carbocycles. The van der Waals surface area contributed by atoms with Crippen LogP contribution in [0.5, 0.6) is 0 Å². The minimum absolute atomic E-state index is 0.112. The Hall–Kier alpha value is -3.81. The summed E-state index contributed by atoms with van der Waals surface area (Å²) in [6, 6.07) is 12.8. The highest BCUT2D eigenvalue weighted by Gasteiger charge is 2.14. The van der Waals surface area contributed by atoms with E-state index in [-0.39, 0.29) is 12.5 Å². The van der Waals surface area contributed by atoms with Gasteiger partial charge in [-0.15, -0.1) is 0 Å². The number of pyridine rings is 1. The summed E-state index contributed by atoms with van der Waals surface area (Å²) in [6.07, 6.45) is 4.85. The highest BCUT2D eigenvalue weighted by atomic mass is 16.6. The third kappa shape index (κ3) is 3.59. The smallest absolute Gasteiger partial charge is 0.340 e. The number of rotatable bonds is 5. The van der Waals surface area contributed by atoms with Crippen LogP contribution in [0.4, 0.5) is 0 Å². The normalized spacial score (nSPS) is 10.7. The van der Waals surface area contributed by atoms with Crippen molar-refractivity contribution in [1.82, 2.24) is 24.9 Å². The third-order valence-corrected chi connectivity index (χ3v) is 3.90. The number of hydrogen-bond acceptors (Lipinski definition) is 7. The molecule has 0 aliphatic heterocycles. The first-order chi connectivity index (χ1) is 13.2. The Labute approximate surface area is 154 Å². The molecule has 1 aromatic carbocycles. The van der Waals surface area contributed by atoms with Gasteiger partial charge in [-0.25, -0.2) is 14.5 Å². The predicted octanol–water partition coefficient (Wildman–Crippen LogP) is 2.98. The molecular formula is C19H15N5O3. The molecule has 0 aliphatic rings. The Kier molecular flexibility index (Phi) is 4.44. The van der Waals surface area contributed by atoms with Gasteiger partial charge < -0.3 is 9.26 Å². The van der Waals surface area contributed by atoms with E-state index < -0.39 is 5.97 Å². The first-order valence-electron chi connectivity index (χ1n) is 8.22. The van der Waals surface area contributed by atoms with Crippen molar-refractivity contribution >= 4 is 5.97 Å². The van der Waals surface area contributed by atoms with Gasteiger partial charge in [-0.3, -0.25) is 0 Å². The van der Waals surface area contributed by atoms with Crippen LogP contribution in [0.15, 0.2) is 65.6 Å². The Morgan fingerprint density at radius 1 is 1.19 bits per heavy atom. The summed E-state index contributed by atoms with van der Waals surface area (Å²) in [5.41, 5.74) is 2.23. The average molecular weight is 361 g/mol. The lowest BCUT2D eigenvalue weighted by Crippen LogP contribution is -2.07. The van der Waals surface area contributed by atoms with Crippen molar-refractivity contribution in [2.75, 3.05) is 0 Å². The van der Waals surface area contributed by atoms with Crippen molar-refractivity contribution in [3.8, 4) is 17.2 Å². The molecule has 134 valence electrons. The fourth-order valence-electron chi connectivity index (χ4n) is 2.50. The SMILES string of the molecule is Cc1ccccc1-c1noc(COC(=O)c2ccc(-n3cccn3)nc2)n1. The van der Waals surface area contributed by atoms with Crippen molar-refractivity contribution < 1.29 is 14.1 Å². The van der Waals surface area contributed by atoms with Gasteiger partial charge in [-0.2, -0.15) is 10.1 Å². The number of aromatic nitrogens is 5. The molecule has 3 heterocycles. The predicted molar refractivity (Wildman–Crippen MR) is 94.9 cm³/mol. The second-order valence-corrected chi connectivity index (χ2v) is 5.76. The molecule has 0 N–H and O–H groups in total. The molecule has 0 spiro atoms. The number of esters is 1. The Morgan fingerprint density at radius 3 is 2.81 bits per heavy atom. The van der Waals surface area contributed by atoms with Gasteiger partial charge in [0.2, 0.25) is 5.82 Å². The Bertz CT molecular complexity index is 1060. The summed E-state index contributed by atoms with van der Waals surface area (Å²) < 4.78 is 12.0. The van der Waals surface area contributed by atoms with Crippen LogP contribution in [-0.2, 0) is 11.3 Å². The summed E-state index contributed by atoms with van der Waals surface area (Å²) in [5, 5.41) is 8.02. The number of aryl methyl sites for hydroxylation is 1. The molecule has 0 atom stereocenters. The minimum Gasteiger partial charge on any atom is -0.452 e. The lowest BCUT2D eigenvalue weighted by Gasteiger charge is -2.03. The molecule has 4 rings (SSSR count). The topological polar surface area (TPSA) is 95.9 Å². The second kappa shape index (κ2) is 7.20. The van der Waals surface area contributed by atoms with E-state index in [1.54, 1.807) is 35.3 Å². The van der Waals surface area contributed by atoms with Crippen LogP contribution in [0.3, 0.4) is 0 Å². The van der Waals surface area contributed by atoms with Crippen molar-refractivity contribution in [1.29, 1.82) is 0 Å². The quantitative estimate of drug-likeness (QED) is 0.504. The first-order valence-corrected chi connectivity index (χ1v) is 8.22. The minimum atomic E-state index is -0.523. The standard InChI is InChI=1S/C19H15N5O3/c1-13-5-2-3-6-15(13)18-22-17(27-23-18)12-26-19(25)14-7-8-16(20-11-14)24-10-4-9-21-24/h2-11H,12H2,1H3. The lowest BCUT2D eigenvalue weighted by atomic mass is 10.1. The van der Waals surface area contributed by atoms with E-state index in [9.17, 15) is 4.79 Å².